The standard InChI is InChI=1S/C5H7N3O2S/c1-2-3(5(9)10)4(7-6)11-8-2/h7H,6H2,1H3,(H,9,10). The van der Waals surface area contributed by atoms with Gasteiger partial charge in [0.2, 0.25) is 0 Å². The molecule has 11 heavy (non-hydrogen) atoms. The van der Waals surface area contributed by atoms with Gasteiger partial charge in [-0.2, -0.15) is 4.37 Å². The van der Waals surface area contributed by atoms with E-state index in [2.05, 4.69) is 9.80 Å². The van der Waals surface area contributed by atoms with E-state index in [1.54, 1.807) is 6.92 Å². The molecule has 0 fully saturated rings. The number of hydrazine groups is 1. The number of nitrogens with one attached hydrogen (secondary N) is 1. The second-order valence-corrected chi connectivity index (χ2v) is 2.69. The largest absolute Gasteiger partial charge is 0.478 e. The first-order chi connectivity index (χ1) is 5.16. The summed E-state index contributed by atoms with van der Waals surface area (Å²) >= 11 is 1.04. The second kappa shape index (κ2) is 2.85. The molecule has 0 unspecified atom stereocenters. The van der Waals surface area contributed by atoms with Crippen molar-refractivity contribution in [2.75, 3.05) is 5.43 Å². The molecule has 60 valence electrons. The molecule has 1 aromatic heterocycles. The van der Waals surface area contributed by atoms with Crippen LogP contribution in [0, 0.1) is 6.92 Å². The van der Waals surface area contributed by atoms with Crippen molar-refractivity contribution in [3.63, 3.8) is 0 Å². The Morgan fingerprint density at radius 3 is 2.82 bits per heavy atom. The van der Waals surface area contributed by atoms with Crippen LogP contribution in [0.15, 0.2) is 0 Å². The molecule has 0 atom stereocenters. The number of carboxylic acid groups (broad SMARTS) is 1. The van der Waals surface area contributed by atoms with Crippen LogP contribution in [0.2, 0.25) is 0 Å². The lowest BCUT2D eigenvalue weighted by atomic mass is 10.2. The smallest absolute Gasteiger partial charge is 0.340 e. The predicted molar refractivity (Wildman–Crippen MR) is 41.6 cm³/mol. The van der Waals surface area contributed by atoms with E-state index in [0.717, 1.165) is 11.5 Å². The molecule has 0 saturated heterocycles. The molecule has 0 aromatic carbocycles. The van der Waals surface area contributed by atoms with Gasteiger partial charge in [-0.3, -0.25) is 0 Å². The van der Waals surface area contributed by atoms with Gasteiger partial charge in [-0.25, -0.2) is 10.6 Å². The maximum absolute atomic E-state index is 10.5. The maximum Gasteiger partial charge on any atom is 0.340 e. The summed E-state index contributed by atoms with van der Waals surface area (Å²) in [6, 6.07) is 0. The van der Waals surface area contributed by atoms with Crippen molar-refractivity contribution >= 4 is 22.5 Å². The number of nitrogens with zero attached hydrogens (tertiary/aromatic N) is 1. The zero-order valence-electron chi connectivity index (χ0n) is 5.79. The minimum absolute atomic E-state index is 0.150. The maximum atomic E-state index is 10.5. The molecule has 0 aliphatic heterocycles. The van der Waals surface area contributed by atoms with Crippen molar-refractivity contribution < 1.29 is 9.90 Å². The van der Waals surface area contributed by atoms with Gasteiger partial charge in [0.05, 0.1) is 5.69 Å². The monoisotopic (exact) mass is 173 g/mol. The van der Waals surface area contributed by atoms with Crippen LogP contribution in [-0.4, -0.2) is 15.4 Å². The molecule has 1 aromatic rings. The van der Waals surface area contributed by atoms with Gasteiger partial charge in [0.15, 0.2) is 0 Å². The molecule has 0 radical (unpaired) electrons. The molecular weight excluding hydrogens is 166 g/mol. The number of carboxylic acids is 1. The minimum atomic E-state index is -1.01. The van der Waals surface area contributed by atoms with E-state index in [9.17, 15) is 4.79 Å². The van der Waals surface area contributed by atoms with Crippen LogP contribution < -0.4 is 11.3 Å². The molecule has 1 heterocycles. The summed E-state index contributed by atoms with van der Waals surface area (Å²) in [6.45, 7) is 1.63. The zero-order valence-corrected chi connectivity index (χ0v) is 6.60. The number of carbonyl (C=O) groups is 1. The van der Waals surface area contributed by atoms with Gasteiger partial charge in [-0.15, -0.1) is 0 Å². The van der Waals surface area contributed by atoms with E-state index in [-0.39, 0.29) is 5.56 Å². The number of nitrogens with two attached hydrogens (primary N) is 1. The van der Waals surface area contributed by atoms with Gasteiger partial charge in [0.1, 0.15) is 10.6 Å². The van der Waals surface area contributed by atoms with Gasteiger partial charge in [0, 0.05) is 0 Å². The minimum Gasteiger partial charge on any atom is -0.478 e. The molecule has 0 spiro atoms. The lowest BCUT2D eigenvalue weighted by molar-refractivity contribution is 0.0697. The first-order valence-corrected chi connectivity index (χ1v) is 3.60. The van der Waals surface area contributed by atoms with E-state index in [1.165, 1.54) is 0 Å². The lowest BCUT2D eigenvalue weighted by Crippen LogP contribution is -2.09. The Morgan fingerprint density at radius 1 is 1.82 bits per heavy atom. The number of aromatic nitrogens is 1. The Bertz CT molecular complexity index is 283. The van der Waals surface area contributed by atoms with E-state index in [1.807, 2.05) is 0 Å². The van der Waals surface area contributed by atoms with Crippen molar-refractivity contribution in [1.29, 1.82) is 0 Å². The van der Waals surface area contributed by atoms with Crippen LogP contribution in [0.4, 0.5) is 5.00 Å². The summed E-state index contributed by atoms with van der Waals surface area (Å²) in [5.41, 5.74) is 2.91. The Balaban J connectivity index is 3.17. The average molecular weight is 173 g/mol. The van der Waals surface area contributed by atoms with Crippen molar-refractivity contribution in [2.45, 2.75) is 6.92 Å². The number of nitrogen functional groups attached to an aromatic ring is 1. The molecule has 4 N–H and O–H groups in total. The highest BCUT2D eigenvalue weighted by Crippen LogP contribution is 2.22. The average Bonchev–Trinajstić information content (AvgIpc) is 2.30. The Labute approximate surface area is 67.0 Å². The fourth-order valence-corrected chi connectivity index (χ4v) is 1.42. The first kappa shape index (κ1) is 7.96. The Kier molecular flexibility index (Phi) is 2.06. The SMILES string of the molecule is Cc1nsc(NN)c1C(=O)O. The summed E-state index contributed by atoms with van der Waals surface area (Å²) < 4.78 is 3.83. The molecule has 1 rings (SSSR count). The molecule has 0 aliphatic rings. The van der Waals surface area contributed by atoms with Crippen LogP contribution in [0.5, 0.6) is 0 Å². The number of hydrogen-bond donors (Lipinski definition) is 3. The van der Waals surface area contributed by atoms with Gasteiger partial charge in [-0.1, -0.05) is 0 Å². The molecule has 0 saturated carbocycles. The third-order valence-corrected chi connectivity index (χ3v) is 2.08. The van der Waals surface area contributed by atoms with Crippen molar-refractivity contribution in [1.82, 2.24) is 4.37 Å². The highest BCUT2D eigenvalue weighted by Gasteiger charge is 2.15. The van der Waals surface area contributed by atoms with Gasteiger partial charge in [0.25, 0.3) is 0 Å². The number of aryl methyl sites for hydroxylation is 1. The van der Waals surface area contributed by atoms with Crippen LogP contribution in [0.3, 0.4) is 0 Å². The highest BCUT2D eigenvalue weighted by molar-refractivity contribution is 7.10. The zero-order chi connectivity index (χ0) is 8.43. The predicted octanol–water partition coefficient (Wildman–Crippen LogP) is 0.435. The highest BCUT2D eigenvalue weighted by atomic mass is 32.1. The Hall–Kier alpha value is -1.14. The van der Waals surface area contributed by atoms with E-state index in [0.29, 0.717) is 10.7 Å². The summed E-state index contributed by atoms with van der Waals surface area (Å²) in [7, 11) is 0. The molecular formula is C5H7N3O2S. The van der Waals surface area contributed by atoms with E-state index < -0.39 is 5.97 Å². The lowest BCUT2D eigenvalue weighted by Gasteiger charge is -1.95. The van der Waals surface area contributed by atoms with Crippen molar-refractivity contribution in [3.05, 3.63) is 11.3 Å². The van der Waals surface area contributed by atoms with Crippen LogP contribution >= 0.6 is 11.5 Å². The quantitative estimate of drug-likeness (QED) is 0.446. The van der Waals surface area contributed by atoms with Crippen LogP contribution in [0.1, 0.15) is 16.1 Å². The number of aromatic carboxylic acids is 1. The molecule has 0 aliphatic carbocycles. The Morgan fingerprint density at radius 2 is 2.45 bits per heavy atom. The molecule has 0 bridgehead atoms. The van der Waals surface area contributed by atoms with Gasteiger partial charge < -0.3 is 10.5 Å². The second-order valence-electron chi connectivity index (χ2n) is 1.92. The first-order valence-electron chi connectivity index (χ1n) is 2.83. The summed E-state index contributed by atoms with van der Waals surface area (Å²) in [4.78, 5) is 10.5. The van der Waals surface area contributed by atoms with Crippen LogP contribution in [-0.2, 0) is 0 Å². The molecule has 5 nitrogen and oxygen atoms in total. The third-order valence-electron chi connectivity index (χ3n) is 1.21. The fraction of sp³-hybridized carbons (Fsp3) is 0.200. The summed E-state index contributed by atoms with van der Waals surface area (Å²) in [6.07, 6.45) is 0. The van der Waals surface area contributed by atoms with Crippen LogP contribution in [0.25, 0.3) is 0 Å². The molecule has 6 heteroatoms. The summed E-state index contributed by atoms with van der Waals surface area (Å²) in [5.74, 6) is 4.05. The van der Waals surface area contributed by atoms with Crippen molar-refractivity contribution in [2.24, 2.45) is 5.84 Å². The number of anilines is 1. The van der Waals surface area contributed by atoms with Crippen molar-refractivity contribution in [3.8, 4) is 0 Å². The normalized spacial score (nSPS) is 9.64. The van der Waals surface area contributed by atoms with E-state index in [4.69, 9.17) is 10.9 Å². The third kappa shape index (κ3) is 1.31. The summed E-state index contributed by atoms with van der Waals surface area (Å²) in [5, 5.41) is 9.02. The number of hydrogen-bond acceptors (Lipinski definition) is 5. The van der Waals surface area contributed by atoms with Gasteiger partial charge >= 0.3 is 5.97 Å². The number of rotatable bonds is 2. The van der Waals surface area contributed by atoms with Gasteiger partial charge in [-0.05, 0) is 18.5 Å². The van der Waals surface area contributed by atoms with E-state index >= 15 is 0 Å². The molecule has 0 amide bonds. The topological polar surface area (TPSA) is 88.2 Å². The fourth-order valence-electron chi connectivity index (χ4n) is 0.720.